The van der Waals surface area contributed by atoms with E-state index in [0.717, 1.165) is 37.7 Å². The summed E-state index contributed by atoms with van der Waals surface area (Å²) < 4.78 is 4.79. The van der Waals surface area contributed by atoms with Crippen molar-refractivity contribution in [1.29, 1.82) is 0 Å². The van der Waals surface area contributed by atoms with Gasteiger partial charge in [-0.1, -0.05) is 48.9 Å². The summed E-state index contributed by atoms with van der Waals surface area (Å²) in [5.41, 5.74) is 1.11. The van der Waals surface area contributed by atoms with Gasteiger partial charge in [0.25, 0.3) is 5.91 Å². The summed E-state index contributed by atoms with van der Waals surface area (Å²) in [6.07, 6.45) is 4.49. The summed E-state index contributed by atoms with van der Waals surface area (Å²) in [6.45, 7) is -0.131. The van der Waals surface area contributed by atoms with Crippen LogP contribution >= 0.6 is 0 Å². The predicted molar refractivity (Wildman–Crippen MR) is 117 cm³/mol. The molecule has 1 aliphatic heterocycles. The first-order valence-corrected chi connectivity index (χ1v) is 10.5. The van der Waals surface area contributed by atoms with E-state index in [1.54, 1.807) is 29.2 Å². The standard InChI is InChI=1S/C24H25N3O4/c1-31-23(30)18-12-6-7-13-19(18)25-20(28)16-27-22(29)21(17-10-4-2-5-11-17)26-24(27)14-8-3-9-15-24/h2,4-7,10-13H,3,8-9,14-16H2,1H3,(H,25,28). The number of carbonyl (C=O) groups excluding carboxylic acids is 3. The van der Waals surface area contributed by atoms with Crippen LogP contribution in [-0.4, -0.2) is 47.7 Å². The van der Waals surface area contributed by atoms with Gasteiger partial charge in [-0.2, -0.15) is 0 Å². The molecule has 7 nitrogen and oxygen atoms in total. The Morgan fingerprint density at radius 3 is 2.42 bits per heavy atom. The van der Waals surface area contributed by atoms with E-state index in [4.69, 9.17) is 9.73 Å². The molecule has 2 amide bonds. The molecular formula is C24H25N3O4. The second kappa shape index (κ2) is 8.71. The number of rotatable bonds is 5. The average Bonchev–Trinajstić information content (AvgIpc) is 3.06. The van der Waals surface area contributed by atoms with Crippen LogP contribution in [0.4, 0.5) is 5.69 Å². The maximum atomic E-state index is 13.3. The van der Waals surface area contributed by atoms with Crippen LogP contribution in [0, 0.1) is 0 Å². The predicted octanol–water partition coefficient (Wildman–Crippen LogP) is 3.40. The van der Waals surface area contributed by atoms with E-state index in [0.29, 0.717) is 11.4 Å². The van der Waals surface area contributed by atoms with Crippen LogP contribution < -0.4 is 5.32 Å². The lowest BCUT2D eigenvalue weighted by Gasteiger charge is -2.38. The zero-order valence-electron chi connectivity index (χ0n) is 17.5. The monoisotopic (exact) mass is 419 g/mol. The molecule has 1 N–H and O–H groups in total. The van der Waals surface area contributed by atoms with Gasteiger partial charge in [-0.05, 0) is 37.8 Å². The van der Waals surface area contributed by atoms with E-state index in [2.05, 4.69) is 5.32 Å². The molecule has 0 unspecified atom stereocenters. The smallest absolute Gasteiger partial charge is 0.339 e. The van der Waals surface area contributed by atoms with Crippen molar-refractivity contribution in [3.8, 4) is 0 Å². The van der Waals surface area contributed by atoms with Crippen molar-refractivity contribution < 1.29 is 19.1 Å². The van der Waals surface area contributed by atoms with Crippen molar-refractivity contribution in [2.45, 2.75) is 37.8 Å². The first-order chi connectivity index (χ1) is 15.0. The number of nitrogens with zero attached hydrogens (tertiary/aromatic N) is 2. The lowest BCUT2D eigenvalue weighted by Crippen LogP contribution is -2.51. The van der Waals surface area contributed by atoms with Crippen molar-refractivity contribution in [3.63, 3.8) is 0 Å². The van der Waals surface area contributed by atoms with Crippen LogP contribution in [0.15, 0.2) is 59.6 Å². The van der Waals surface area contributed by atoms with E-state index in [1.807, 2.05) is 30.3 Å². The van der Waals surface area contributed by atoms with Gasteiger partial charge in [0.15, 0.2) is 0 Å². The number of para-hydroxylation sites is 1. The number of esters is 1. The number of carbonyl (C=O) groups is 3. The van der Waals surface area contributed by atoms with Crippen molar-refractivity contribution in [2.24, 2.45) is 4.99 Å². The Morgan fingerprint density at radius 2 is 1.71 bits per heavy atom. The van der Waals surface area contributed by atoms with Gasteiger partial charge in [0.1, 0.15) is 17.9 Å². The number of aliphatic imine (C=N–C) groups is 1. The molecule has 1 aliphatic carbocycles. The third kappa shape index (κ3) is 4.08. The minimum atomic E-state index is -0.681. The number of anilines is 1. The molecule has 0 radical (unpaired) electrons. The molecule has 0 saturated heterocycles. The first kappa shape index (κ1) is 20.8. The van der Waals surface area contributed by atoms with Crippen molar-refractivity contribution in [2.75, 3.05) is 19.0 Å². The molecule has 1 heterocycles. The van der Waals surface area contributed by atoms with Gasteiger partial charge in [0.2, 0.25) is 5.91 Å². The molecule has 7 heteroatoms. The van der Waals surface area contributed by atoms with Gasteiger partial charge >= 0.3 is 5.97 Å². The summed E-state index contributed by atoms with van der Waals surface area (Å²) in [6, 6.07) is 16.0. The van der Waals surface area contributed by atoms with Gasteiger partial charge in [-0.15, -0.1) is 0 Å². The highest BCUT2D eigenvalue weighted by molar-refractivity contribution is 6.47. The Labute approximate surface area is 181 Å². The second-order valence-electron chi connectivity index (χ2n) is 7.85. The summed E-state index contributed by atoms with van der Waals surface area (Å²) >= 11 is 0. The molecular weight excluding hydrogens is 394 g/mol. The van der Waals surface area contributed by atoms with Crippen LogP contribution in [0.5, 0.6) is 0 Å². The fourth-order valence-corrected chi connectivity index (χ4v) is 4.35. The van der Waals surface area contributed by atoms with E-state index < -0.39 is 11.6 Å². The Balaban J connectivity index is 1.58. The number of hydrogen-bond donors (Lipinski definition) is 1. The van der Waals surface area contributed by atoms with Crippen LogP contribution in [0.2, 0.25) is 0 Å². The van der Waals surface area contributed by atoms with Crippen LogP contribution in [-0.2, 0) is 14.3 Å². The van der Waals surface area contributed by atoms with Gasteiger partial charge < -0.3 is 15.0 Å². The first-order valence-electron chi connectivity index (χ1n) is 10.5. The number of amides is 2. The molecule has 160 valence electrons. The number of ether oxygens (including phenoxy) is 1. The summed E-state index contributed by atoms with van der Waals surface area (Å²) in [7, 11) is 1.29. The third-order valence-electron chi connectivity index (χ3n) is 5.88. The van der Waals surface area contributed by atoms with Gasteiger partial charge in [-0.25, -0.2) is 4.79 Å². The zero-order chi connectivity index (χ0) is 21.8. The Bertz CT molecular complexity index is 1030. The SMILES string of the molecule is COC(=O)c1ccccc1NC(=O)CN1C(=O)C(c2ccccc2)=NC12CCCCC2. The zero-order valence-corrected chi connectivity index (χ0v) is 17.5. The fourth-order valence-electron chi connectivity index (χ4n) is 4.35. The normalized spacial score (nSPS) is 17.4. The van der Waals surface area contributed by atoms with Gasteiger partial charge in [-0.3, -0.25) is 14.6 Å². The van der Waals surface area contributed by atoms with Crippen LogP contribution in [0.1, 0.15) is 48.0 Å². The number of hydrogen-bond acceptors (Lipinski definition) is 5. The quantitative estimate of drug-likeness (QED) is 0.753. The average molecular weight is 419 g/mol. The highest BCUT2D eigenvalue weighted by atomic mass is 16.5. The lowest BCUT2D eigenvalue weighted by atomic mass is 9.88. The molecule has 2 aromatic carbocycles. The molecule has 2 aromatic rings. The maximum absolute atomic E-state index is 13.3. The van der Waals surface area contributed by atoms with Crippen molar-refractivity contribution in [3.05, 3.63) is 65.7 Å². The molecule has 0 atom stereocenters. The fraction of sp³-hybridized carbons (Fsp3) is 0.333. The minimum Gasteiger partial charge on any atom is -0.465 e. The van der Waals surface area contributed by atoms with E-state index in [1.165, 1.54) is 7.11 Å². The summed E-state index contributed by atoms with van der Waals surface area (Å²) in [5.74, 6) is -1.14. The number of benzene rings is 2. The molecule has 2 aliphatic rings. The molecule has 0 bridgehead atoms. The highest BCUT2D eigenvalue weighted by Crippen LogP contribution is 2.39. The van der Waals surface area contributed by atoms with E-state index >= 15 is 0 Å². The molecule has 31 heavy (non-hydrogen) atoms. The Hall–Kier alpha value is -3.48. The van der Waals surface area contributed by atoms with Gasteiger partial charge in [0.05, 0.1) is 18.4 Å². The largest absolute Gasteiger partial charge is 0.465 e. The summed E-state index contributed by atoms with van der Waals surface area (Å²) in [5, 5.41) is 2.77. The highest BCUT2D eigenvalue weighted by Gasteiger charge is 2.48. The lowest BCUT2D eigenvalue weighted by molar-refractivity contribution is -0.134. The van der Waals surface area contributed by atoms with Gasteiger partial charge in [0, 0.05) is 5.56 Å². The summed E-state index contributed by atoms with van der Waals surface area (Å²) in [4.78, 5) is 44.7. The molecule has 1 fully saturated rings. The molecule has 1 saturated carbocycles. The second-order valence-corrected chi connectivity index (χ2v) is 7.85. The number of nitrogens with one attached hydrogen (secondary N) is 1. The Kier molecular flexibility index (Phi) is 5.84. The molecule has 0 aromatic heterocycles. The number of methoxy groups -OCH3 is 1. The minimum absolute atomic E-state index is 0.131. The molecule has 4 rings (SSSR count). The van der Waals surface area contributed by atoms with Crippen molar-refractivity contribution in [1.82, 2.24) is 4.90 Å². The van der Waals surface area contributed by atoms with E-state index in [-0.39, 0.29) is 23.9 Å². The van der Waals surface area contributed by atoms with Crippen LogP contribution in [0.3, 0.4) is 0 Å². The van der Waals surface area contributed by atoms with Crippen molar-refractivity contribution >= 4 is 29.2 Å². The van der Waals surface area contributed by atoms with Crippen LogP contribution in [0.25, 0.3) is 0 Å². The maximum Gasteiger partial charge on any atom is 0.339 e. The van der Waals surface area contributed by atoms with E-state index in [9.17, 15) is 14.4 Å². The Morgan fingerprint density at radius 1 is 1.03 bits per heavy atom. The molecule has 1 spiro atoms. The topological polar surface area (TPSA) is 88.1 Å². The third-order valence-corrected chi connectivity index (χ3v) is 5.88.